The number of rotatable bonds is 3. The minimum Gasteiger partial charge on any atom is -0.342 e. The largest absolute Gasteiger partial charge is 0.342 e. The summed E-state index contributed by atoms with van der Waals surface area (Å²) in [6, 6.07) is 16.0. The zero-order valence-corrected chi connectivity index (χ0v) is 17.2. The van der Waals surface area contributed by atoms with Gasteiger partial charge in [-0.25, -0.2) is 4.98 Å². The molecule has 2 fully saturated rings. The van der Waals surface area contributed by atoms with Crippen LogP contribution < -0.4 is 4.90 Å². The summed E-state index contributed by atoms with van der Waals surface area (Å²) < 4.78 is 0. The molecule has 3 aromatic rings. The van der Waals surface area contributed by atoms with Gasteiger partial charge in [0.25, 0.3) is 0 Å². The Kier molecular flexibility index (Phi) is 4.77. The number of nitrogens with zero attached hydrogens (tertiary/aromatic N) is 3. The highest BCUT2D eigenvalue weighted by molar-refractivity contribution is 6.00. The van der Waals surface area contributed by atoms with E-state index in [1.807, 2.05) is 60.4 Å². The number of anilines is 1. The summed E-state index contributed by atoms with van der Waals surface area (Å²) in [5, 5.41) is 0. The quantitative estimate of drug-likeness (QED) is 0.727. The minimum absolute atomic E-state index is 0.0364. The Bertz CT molecular complexity index is 1050. The lowest BCUT2D eigenvalue weighted by Gasteiger charge is -2.32. The second-order valence-electron chi connectivity index (χ2n) is 8.48. The van der Waals surface area contributed by atoms with Crippen molar-refractivity contribution in [2.24, 2.45) is 5.92 Å². The van der Waals surface area contributed by atoms with E-state index in [0.717, 1.165) is 54.0 Å². The van der Waals surface area contributed by atoms with E-state index in [1.165, 1.54) is 0 Å². The van der Waals surface area contributed by atoms with Gasteiger partial charge in [-0.3, -0.25) is 9.59 Å². The third-order valence-electron chi connectivity index (χ3n) is 6.42. The fraction of sp³-hybridized carbons (Fsp3) is 0.375. The van der Waals surface area contributed by atoms with Gasteiger partial charge in [-0.15, -0.1) is 0 Å². The molecule has 154 valence electrons. The first kappa shape index (κ1) is 18.9. The number of fused-ring (bicyclic) bond motifs is 1. The number of amides is 2. The monoisotopic (exact) mass is 402 g/mol. The highest BCUT2D eigenvalue weighted by Crippen LogP contribution is 2.31. The average molecular weight is 402 g/mol. The topological polar surface area (TPSA) is 69.3 Å². The number of nitrogens with one attached hydrogen (secondary N) is 1. The SMILES string of the molecule is Cc1ccc(N2CC(C(=O)N3CCC(c4nc5ccccc5[nH]4)CC3)CC2=O)cc1. The molecule has 2 aliphatic heterocycles. The van der Waals surface area contributed by atoms with Gasteiger partial charge in [-0.2, -0.15) is 0 Å². The summed E-state index contributed by atoms with van der Waals surface area (Å²) in [5.74, 6) is 1.26. The van der Waals surface area contributed by atoms with Gasteiger partial charge < -0.3 is 14.8 Å². The first-order valence-corrected chi connectivity index (χ1v) is 10.7. The zero-order chi connectivity index (χ0) is 20.7. The molecule has 3 heterocycles. The van der Waals surface area contributed by atoms with Crippen LogP contribution in [0, 0.1) is 12.8 Å². The summed E-state index contributed by atoms with van der Waals surface area (Å²) in [4.78, 5) is 37.5. The number of aryl methyl sites for hydroxylation is 1. The zero-order valence-electron chi connectivity index (χ0n) is 17.2. The first-order chi connectivity index (χ1) is 14.6. The second kappa shape index (κ2) is 7.59. The molecule has 0 aliphatic carbocycles. The smallest absolute Gasteiger partial charge is 0.228 e. The molecule has 1 N–H and O–H groups in total. The number of carbonyl (C=O) groups is 2. The van der Waals surface area contributed by atoms with Crippen molar-refractivity contribution in [3.05, 3.63) is 59.9 Å². The van der Waals surface area contributed by atoms with Crippen LogP contribution in [0.2, 0.25) is 0 Å². The number of H-pyrrole nitrogens is 1. The lowest BCUT2D eigenvalue weighted by atomic mass is 9.95. The predicted molar refractivity (Wildman–Crippen MR) is 116 cm³/mol. The summed E-state index contributed by atoms with van der Waals surface area (Å²) >= 11 is 0. The standard InChI is InChI=1S/C24H26N4O2/c1-16-6-8-19(9-7-16)28-15-18(14-22(28)29)24(30)27-12-10-17(11-13-27)23-25-20-4-2-3-5-21(20)26-23/h2-9,17-18H,10-15H2,1H3,(H,25,26). The van der Waals surface area contributed by atoms with E-state index < -0.39 is 0 Å². The van der Waals surface area contributed by atoms with Crippen LogP contribution in [0.1, 0.15) is 36.6 Å². The van der Waals surface area contributed by atoms with Gasteiger partial charge in [0.15, 0.2) is 0 Å². The van der Waals surface area contributed by atoms with Crippen molar-refractivity contribution in [3.8, 4) is 0 Å². The van der Waals surface area contributed by atoms with Crippen molar-refractivity contribution >= 4 is 28.5 Å². The Morgan fingerprint density at radius 3 is 2.53 bits per heavy atom. The number of aromatic nitrogens is 2. The third-order valence-corrected chi connectivity index (χ3v) is 6.42. The Balaban J connectivity index is 1.21. The van der Waals surface area contributed by atoms with Gasteiger partial charge in [0.05, 0.1) is 17.0 Å². The van der Waals surface area contributed by atoms with E-state index in [2.05, 4.69) is 4.98 Å². The van der Waals surface area contributed by atoms with E-state index in [1.54, 1.807) is 4.90 Å². The van der Waals surface area contributed by atoms with Crippen LogP contribution in [0.5, 0.6) is 0 Å². The molecule has 2 aromatic carbocycles. The molecule has 1 unspecified atom stereocenters. The van der Waals surface area contributed by atoms with E-state index >= 15 is 0 Å². The Hall–Kier alpha value is -3.15. The number of likely N-dealkylation sites (tertiary alicyclic amines) is 1. The molecule has 2 aliphatic rings. The lowest BCUT2D eigenvalue weighted by molar-refractivity contribution is -0.136. The number of imidazole rings is 1. The maximum Gasteiger partial charge on any atom is 0.228 e. The van der Waals surface area contributed by atoms with Crippen LogP contribution >= 0.6 is 0 Å². The van der Waals surface area contributed by atoms with Crippen LogP contribution in [0.4, 0.5) is 5.69 Å². The van der Waals surface area contributed by atoms with E-state index in [0.29, 0.717) is 18.9 Å². The van der Waals surface area contributed by atoms with Crippen molar-refractivity contribution in [1.29, 1.82) is 0 Å². The minimum atomic E-state index is -0.249. The Morgan fingerprint density at radius 1 is 1.07 bits per heavy atom. The maximum atomic E-state index is 13.1. The summed E-state index contributed by atoms with van der Waals surface area (Å²) in [6.07, 6.45) is 2.10. The van der Waals surface area contributed by atoms with E-state index in [4.69, 9.17) is 4.98 Å². The van der Waals surface area contributed by atoms with Crippen molar-refractivity contribution in [1.82, 2.24) is 14.9 Å². The molecule has 30 heavy (non-hydrogen) atoms. The molecule has 0 radical (unpaired) electrons. The highest BCUT2D eigenvalue weighted by Gasteiger charge is 2.38. The number of aromatic amines is 1. The molecule has 1 atom stereocenters. The highest BCUT2D eigenvalue weighted by atomic mass is 16.2. The molecule has 6 heteroatoms. The van der Waals surface area contributed by atoms with Crippen molar-refractivity contribution in [2.75, 3.05) is 24.5 Å². The van der Waals surface area contributed by atoms with Gasteiger partial charge in [0, 0.05) is 37.7 Å². The average Bonchev–Trinajstić information content (AvgIpc) is 3.38. The molecule has 1 aromatic heterocycles. The first-order valence-electron chi connectivity index (χ1n) is 10.7. The van der Waals surface area contributed by atoms with Crippen LogP contribution in [0.15, 0.2) is 48.5 Å². The molecule has 5 rings (SSSR count). The lowest BCUT2D eigenvalue weighted by Crippen LogP contribution is -2.42. The summed E-state index contributed by atoms with van der Waals surface area (Å²) in [7, 11) is 0. The van der Waals surface area contributed by atoms with Gasteiger partial charge >= 0.3 is 0 Å². The summed E-state index contributed by atoms with van der Waals surface area (Å²) in [5.41, 5.74) is 4.09. The van der Waals surface area contributed by atoms with Gasteiger partial charge in [-0.1, -0.05) is 29.8 Å². The van der Waals surface area contributed by atoms with Crippen LogP contribution in [0.25, 0.3) is 11.0 Å². The van der Waals surface area contributed by atoms with Gasteiger partial charge in [-0.05, 0) is 44.0 Å². The molecule has 6 nitrogen and oxygen atoms in total. The maximum absolute atomic E-state index is 13.1. The molecule has 0 saturated carbocycles. The number of hydrogen-bond acceptors (Lipinski definition) is 3. The van der Waals surface area contributed by atoms with Crippen LogP contribution in [0.3, 0.4) is 0 Å². The fourth-order valence-corrected chi connectivity index (χ4v) is 4.64. The van der Waals surface area contributed by atoms with Crippen LogP contribution in [-0.2, 0) is 9.59 Å². The number of benzene rings is 2. The Morgan fingerprint density at radius 2 is 1.80 bits per heavy atom. The Labute approximate surface area is 175 Å². The van der Waals surface area contributed by atoms with E-state index in [9.17, 15) is 9.59 Å². The molecular formula is C24H26N4O2. The van der Waals surface area contributed by atoms with Crippen LogP contribution in [-0.4, -0.2) is 46.3 Å². The fourth-order valence-electron chi connectivity index (χ4n) is 4.64. The van der Waals surface area contributed by atoms with Crippen molar-refractivity contribution < 1.29 is 9.59 Å². The summed E-state index contributed by atoms with van der Waals surface area (Å²) in [6.45, 7) is 3.94. The van der Waals surface area contributed by atoms with Gasteiger partial charge in [0.2, 0.25) is 11.8 Å². The second-order valence-corrected chi connectivity index (χ2v) is 8.48. The number of carbonyl (C=O) groups excluding carboxylic acids is 2. The third kappa shape index (κ3) is 3.47. The number of hydrogen-bond donors (Lipinski definition) is 1. The molecule has 0 bridgehead atoms. The molecule has 0 spiro atoms. The number of para-hydroxylation sites is 2. The number of piperidine rings is 1. The molecular weight excluding hydrogens is 376 g/mol. The van der Waals surface area contributed by atoms with Crippen molar-refractivity contribution in [3.63, 3.8) is 0 Å². The predicted octanol–water partition coefficient (Wildman–Crippen LogP) is 3.63. The van der Waals surface area contributed by atoms with Crippen molar-refractivity contribution in [2.45, 2.75) is 32.1 Å². The molecule has 2 amide bonds. The van der Waals surface area contributed by atoms with E-state index in [-0.39, 0.29) is 17.7 Å². The normalized spacial score (nSPS) is 20.3. The molecule has 2 saturated heterocycles. The van der Waals surface area contributed by atoms with Gasteiger partial charge in [0.1, 0.15) is 5.82 Å².